The fourth-order valence-corrected chi connectivity index (χ4v) is 3.30. The van der Waals surface area contributed by atoms with E-state index >= 15 is 0 Å². The van der Waals surface area contributed by atoms with Gasteiger partial charge in [-0.3, -0.25) is 9.59 Å². The summed E-state index contributed by atoms with van der Waals surface area (Å²) in [6.45, 7) is 2.11. The van der Waals surface area contributed by atoms with Gasteiger partial charge in [0.1, 0.15) is 6.26 Å². The molecule has 5 nitrogen and oxygen atoms in total. The molecule has 0 bridgehead atoms. The summed E-state index contributed by atoms with van der Waals surface area (Å²) in [7, 11) is 0. The fourth-order valence-electron chi connectivity index (χ4n) is 3.30. The lowest BCUT2D eigenvalue weighted by atomic mass is 10.0. The Labute approximate surface area is 157 Å². The Hall–Kier alpha value is -3.34. The Kier molecular flexibility index (Phi) is 4.75. The van der Waals surface area contributed by atoms with E-state index in [1.165, 1.54) is 12.5 Å². The van der Waals surface area contributed by atoms with E-state index in [1.54, 1.807) is 15.9 Å². The molecule has 1 saturated heterocycles. The van der Waals surface area contributed by atoms with Crippen LogP contribution < -0.4 is 0 Å². The molecule has 0 saturated carbocycles. The van der Waals surface area contributed by atoms with Crippen molar-refractivity contribution in [3.05, 3.63) is 84.3 Å². The minimum atomic E-state index is -0.0527. The SMILES string of the molecule is O=C(c1ccc(-c2ccccc2)cc1)N1CCN(C(=O)c2ccoc2)CC1. The van der Waals surface area contributed by atoms with E-state index in [2.05, 4.69) is 0 Å². The first-order valence-corrected chi connectivity index (χ1v) is 8.98. The maximum absolute atomic E-state index is 12.8. The van der Waals surface area contributed by atoms with Crippen LogP contribution in [0.4, 0.5) is 0 Å². The third-order valence-electron chi connectivity index (χ3n) is 4.86. The van der Waals surface area contributed by atoms with Crippen LogP contribution in [-0.4, -0.2) is 47.8 Å². The van der Waals surface area contributed by atoms with Crippen LogP contribution in [0.3, 0.4) is 0 Å². The van der Waals surface area contributed by atoms with E-state index in [9.17, 15) is 9.59 Å². The zero-order valence-corrected chi connectivity index (χ0v) is 14.9. The van der Waals surface area contributed by atoms with Gasteiger partial charge >= 0.3 is 0 Å². The van der Waals surface area contributed by atoms with Gasteiger partial charge < -0.3 is 14.2 Å². The van der Waals surface area contributed by atoms with E-state index in [0.29, 0.717) is 37.3 Å². The molecule has 136 valence electrons. The lowest BCUT2D eigenvalue weighted by molar-refractivity contribution is 0.0535. The second-order valence-electron chi connectivity index (χ2n) is 6.54. The summed E-state index contributed by atoms with van der Waals surface area (Å²) in [5.41, 5.74) is 3.43. The topological polar surface area (TPSA) is 53.8 Å². The minimum Gasteiger partial charge on any atom is -0.472 e. The van der Waals surface area contributed by atoms with Gasteiger partial charge in [0.25, 0.3) is 11.8 Å². The van der Waals surface area contributed by atoms with Crippen molar-refractivity contribution in [2.24, 2.45) is 0 Å². The van der Waals surface area contributed by atoms with Crippen molar-refractivity contribution in [2.45, 2.75) is 0 Å². The first kappa shape index (κ1) is 17.1. The van der Waals surface area contributed by atoms with E-state index < -0.39 is 0 Å². The predicted octanol–water partition coefficient (Wildman–Crippen LogP) is 3.54. The minimum absolute atomic E-state index is 0.00465. The van der Waals surface area contributed by atoms with Gasteiger partial charge in [-0.2, -0.15) is 0 Å². The average molecular weight is 360 g/mol. The molecule has 1 fully saturated rings. The summed E-state index contributed by atoms with van der Waals surface area (Å²) in [5, 5.41) is 0. The Morgan fingerprint density at radius 1 is 0.667 bits per heavy atom. The van der Waals surface area contributed by atoms with Gasteiger partial charge in [-0.25, -0.2) is 0 Å². The fraction of sp³-hybridized carbons (Fsp3) is 0.182. The number of furan rings is 1. The molecule has 2 heterocycles. The summed E-state index contributed by atoms with van der Waals surface area (Å²) in [6, 6.07) is 19.4. The Bertz CT molecular complexity index is 910. The van der Waals surface area contributed by atoms with Crippen LogP contribution in [0.2, 0.25) is 0 Å². The number of carbonyl (C=O) groups is 2. The van der Waals surface area contributed by atoms with Crippen molar-refractivity contribution in [3.8, 4) is 11.1 Å². The molecule has 1 aromatic heterocycles. The van der Waals surface area contributed by atoms with Gasteiger partial charge in [-0.05, 0) is 29.3 Å². The van der Waals surface area contributed by atoms with Crippen LogP contribution in [0, 0.1) is 0 Å². The lowest BCUT2D eigenvalue weighted by Gasteiger charge is -2.34. The number of carbonyl (C=O) groups excluding carboxylic acids is 2. The summed E-state index contributed by atoms with van der Waals surface area (Å²) in [4.78, 5) is 28.7. The second-order valence-corrected chi connectivity index (χ2v) is 6.54. The number of nitrogens with zero attached hydrogens (tertiary/aromatic N) is 2. The number of rotatable bonds is 3. The van der Waals surface area contributed by atoms with Gasteiger partial charge in [0, 0.05) is 31.7 Å². The highest BCUT2D eigenvalue weighted by Crippen LogP contribution is 2.20. The molecule has 0 N–H and O–H groups in total. The van der Waals surface area contributed by atoms with Crippen molar-refractivity contribution in [1.29, 1.82) is 0 Å². The van der Waals surface area contributed by atoms with Crippen LogP contribution in [0.1, 0.15) is 20.7 Å². The summed E-state index contributed by atoms with van der Waals surface area (Å²) >= 11 is 0. The monoisotopic (exact) mass is 360 g/mol. The molecule has 0 spiro atoms. The van der Waals surface area contributed by atoms with E-state index in [0.717, 1.165) is 11.1 Å². The summed E-state index contributed by atoms with van der Waals surface area (Å²) in [6.07, 6.45) is 2.94. The highest BCUT2D eigenvalue weighted by atomic mass is 16.3. The number of hydrogen-bond acceptors (Lipinski definition) is 3. The molecule has 0 atom stereocenters. The molecule has 0 unspecified atom stereocenters. The predicted molar refractivity (Wildman–Crippen MR) is 102 cm³/mol. The number of amides is 2. The molecule has 3 aromatic rings. The van der Waals surface area contributed by atoms with Crippen molar-refractivity contribution in [2.75, 3.05) is 26.2 Å². The van der Waals surface area contributed by atoms with Crippen molar-refractivity contribution in [3.63, 3.8) is 0 Å². The van der Waals surface area contributed by atoms with E-state index in [4.69, 9.17) is 4.42 Å². The number of piperazine rings is 1. The highest BCUT2D eigenvalue weighted by Gasteiger charge is 2.25. The molecule has 0 radical (unpaired) electrons. The molecule has 1 aliphatic heterocycles. The molecular formula is C22H20N2O3. The van der Waals surface area contributed by atoms with Gasteiger partial charge in [0.05, 0.1) is 11.8 Å². The van der Waals surface area contributed by atoms with Crippen LogP contribution in [0.25, 0.3) is 11.1 Å². The largest absolute Gasteiger partial charge is 0.472 e. The maximum Gasteiger partial charge on any atom is 0.257 e. The van der Waals surface area contributed by atoms with Gasteiger partial charge in [-0.15, -0.1) is 0 Å². The zero-order valence-electron chi connectivity index (χ0n) is 14.9. The number of hydrogen-bond donors (Lipinski definition) is 0. The molecule has 27 heavy (non-hydrogen) atoms. The normalized spacial score (nSPS) is 14.2. The van der Waals surface area contributed by atoms with Crippen LogP contribution in [0.15, 0.2) is 77.6 Å². The summed E-state index contributed by atoms with van der Waals surface area (Å²) < 4.78 is 4.97. The maximum atomic E-state index is 12.8. The Morgan fingerprint density at radius 2 is 1.22 bits per heavy atom. The summed E-state index contributed by atoms with van der Waals surface area (Å²) in [5.74, 6) is -0.0481. The lowest BCUT2D eigenvalue weighted by Crippen LogP contribution is -2.50. The number of benzene rings is 2. The Morgan fingerprint density at radius 3 is 1.78 bits per heavy atom. The third-order valence-corrected chi connectivity index (χ3v) is 4.86. The third kappa shape index (κ3) is 3.62. The van der Waals surface area contributed by atoms with Gasteiger partial charge in [-0.1, -0.05) is 42.5 Å². The van der Waals surface area contributed by atoms with E-state index in [-0.39, 0.29) is 11.8 Å². The zero-order chi connectivity index (χ0) is 18.6. The van der Waals surface area contributed by atoms with Crippen molar-refractivity contribution < 1.29 is 14.0 Å². The van der Waals surface area contributed by atoms with Crippen LogP contribution in [0.5, 0.6) is 0 Å². The van der Waals surface area contributed by atoms with Crippen molar-refractivity contribution >= 4 is 11.8 Å². The quantitative estimate of drug-likeness (QED) is 0.718. The van der Waals surface area contributed by atoms with Crippen LogP contribution >= 0.6 is 0 Å². The molecule has 1 aliphatic rings. The second kappa shape index (κ2) is 7.50. The van der Waals surface area contributed by atoms with E-state index in [1.807, 2.05) is 54.6 Å². The molecular weight excluding hydrogens is 340 g/mol. The van der Waals surface area contributed by atoms with Gasteiger partial charge in [0.2, 0.25) is 0 Å². The Balaban J connectivity index is 1.39. The average Bonchev–Trinajstić information content (AvgIpc) is 3.28. The molecule has 5 heteroatoms. The first-order chi connectivity index (χ1) is 13.2. The molecule has 2 amide bonds. The molecule has 0 aliphatic carbocycles. The molecule has 2 aromatic carbocycles. The first-order valence-electron chi connectivity index (χ1n) is 8.98. The smallest absolute Gasteiger partial charge is 0.257 e. The highest BCUT2D eigenvalue weighted by molar-refractivity contribution is 5.96. The van der Waals surface area contributed by atoms with Crippen LogP contribution in [-0.2, 0) is 0 Å². The molecule has 4 rings (SSSR count). The standard InChI is InChI=1S/C22H20N2O3/c25-21(19-8-6-18(7-9-19)17-4-2-1-3-5-17)23-11-13-24(14-12-23)22(26)20-10-15-27-16-20/h1-10,15-16H,11-14H2. The van der Waals surface area contributed by atoms with Crippen molar-refractivity contribution in [1.82, 2.24) is 9.80 Å². The van der Waals surface area contributed by atoms with Gasteiger partial charge in [0.15, 0.2) is 0 Å².